The third kappa shape index (κ3) is 6.46. The second-order valence-electron chi connectivity index (χ2n) is 9.13. The number of nitrogens with one attached hydrogen (secondary N) is 2. The van der Waals surface area contributed by atoms with Gasteiger partial charge in [-0.1, -0.05) is 18.9 Å². The summed E-state index contributed by atoms with van der Waals surface area (Å²) in [7, 11) is 0. The molecule has 0 radical (unpaired) electrons. The lowest BCUT2D eigenvalue weighted by Crippen LogP contribution is -2.54. The van der Waals surface area contributed by atoms with Crippen molar-refractivity contribution in [1.29, 1.82) is 0 Å². The summed E-state index contributed by atoms with van der Waals surface area (Å²) in [5.74, 6) is 0.224. The Hall–Kier alpha value is -2.68. The summed E-state index contributed by atoms with van der Waals surface area (Å²) in [4.78, 5) is 6.82. The first-order valence-electron chi connectivity index (χ1n) is 12.0. The molecule has 2 heterocycles. The first-order chi connectivity index (χ1) is 16.3. The maximum absolute atomic E-state index is 12.4. The number of likely N-dealkylation sites (tertiary alicyclic amines) is 1. The summed E-state index contributed by atoms with van der Waals surface area (Å²) < 4.78 is 46.9. The number of piperidine rings is 1. The number of rotatable bonds is 7. The van der Waals surface area contributed by atoms with E-state index in [0.717, 1.165) is 32.4 Å². The molecule has 1 aliphatic carbocycles. The van der Waals surface area contributed by atoms with E-state index in [9.17, 15) is 13.2 Å². The first-order valence-corrected chi connectivity index (χ1v) is 12.0. The average Bonchev–Trinajstić information content (AvgIpc) is 3.28. The third-order valence-electron chi connectivity index (χ3n) is 6.74. The standard InChI is InChI=1S/C25H33F3N4O2/c1-3-17(2)32-14-6-7-19(16-32)30-21-8-4-5-9-22(21)31-24-29-15-23(33-24)18-10-12-20(13-11-18)34-25(26,27)28/h3,10-13,15,19,21-22,30H,4-9,14,16H2,1-2H3,(H,29,31)/b17-3+/t19-,21?,22+/m0/s1. The van der Waals surface area contributed by atoms with Crippen LogP contribution >= 0.6 is 0 Å². The lowest BCUT2D eigenvalue weighted by atomic mass is 9.89. The molecule has 6 nitrogen and oxygen atoms in total. The molecule has 1 saturated carbocycles. The Morgan fingerprint density at radius 2 is 1.85 bits per heavy atom. The quantitative estimate of drug-likeness (QED) is 0.514. The molecular weight excluding hydrogens is 445 g/mol. The van der Waals surface area contributed by atoms with Crippen molar-refractivity contribution in [1.82, 2.24) is 15.2 Å². The predicted octanol–water partition coefficient (Wildman–Crippen LogP) is 5.94. The van der Waals surface area contributed by atoms with E-state index < -0.39 is 6.36 Å². The van der Waals surface area contributed by atoms with E-state index >= 15 is 0 Å². The fraction of sp³-hybridized carbons (Fsp3) is 0.560. The van der Waals surface area contributed by atoms with E-state index in [1.165, 1.54) is 49.2 Å². The van der Waals surface area contributed by atoms with Crippen molar-refractivity contribution in [2.75, 3.05) is 18.4 Å². The molecule has 2 aromatic rings. The van der Waals surface area contributed by atoms with Crippen molar-refractivity contribution in [2.24, 2.45) is 0 Å². The summed E-state index contributed by atoms with van der Waals surface area (Å²) in [5, 5.41) is 7.35. The number of alkyl halides is 3. The zero-order valence-corrected chi connectivity index (χ0v) is 19.7. The van der Waals surface area contributed by atoms with Gasteiger partial charge in [0, 0.05) is 42.5 Å². The summed E-state index contributed by atoms with van der Waals surface area (Å²) >= 11 is 0. The molecule has 2 aliphatic rings. The van der Waals surface area contributed by atoms with Gasteiger partial charge < -0.3 is 24.7 Å². The van der Waals surface area contributed by atoms with E-state index in [2.05, 4.69) is 45.2 Å². The van der Waals surface area contributed by atoms with Crippen molar-refractivity contribution in [3.05, 3.63) is 42.2 Å². The molecule has 0 bridgehead atoms. The van der Waals surface area contributed by atoms with E-state index in [4.69, 9.17) is 4.42 Å². The number of allylic oxidation sites excluding steroid dienone is 2. The minimum atomic E-state index is -4.71. The van der Waals surface area contributed by atoms with E-state index in [0.29, 0.717) is 29.4 Å². The van der Waals surface area contributed by atoms with Crippen LogP contribution in [0.2, 0.25) is 0 Å². The highest BCUT2D eigenvalue weighted by Gasteiger charge is 2.31. The number of hydrogen-bond donors (Lipinski definition) is 2. The maximum atomic E-state index is 12.4. The number of aromatic nitrogens is 1. The van der Waals surface area contributed by atoms with Gasteiger partial charge >= 0.3 is 6.36 Å². The van der Waals surface area contributed by atoms with E-state index in [-0.39, 0.29) is 11.8 Å². The average molecular weight is 479 g/mol. The summed E-state index contributed by atoms with van der Waals surface area (Å²) in [5.41, 5.74) is 1.96. The van der Waals surface area contributed by atoms with Gasteiger partial charge in [0.15, 0.2) is 5.76 Å². The Balaban J connectivity index is 1.37. The Bertz CT molecular complexity index is 958. The number of nitrogens with zero attached hydrogens (tertiary/aromatic N) is 2. The van der Waals surface area contributed by atoms with Crippen LogP contribution in [0.15, 0.2) is 46.7 Å². The van der Waals surface area contributed by atoms with Crippen molar-refractivity contribution in [3.63, 3.8) is 0 Å². The highest BCUT2D eigenvalue weighted by molar-refractivity contribution is 5.58. The molecule has 1 aromatic carbocycles. The molecule has 4 rings (SSSR count). The first kappa shape index (κ1) is 24.4. The molecule has 1 saturated heterocycles. The van der Waals surface area contributed by atoms with Crippen molar-refractivity contribution in [2.45, 2.75) is 76.9 Å². The van der Waals surface area contributed by atoms with Gasteiger partial charge in [0.25, 0.3) is 6.01 Å². The van der Waals surface area contributed by atoms with E-state index in [1.807, 2.05) is 0 Å². The Morgan fingerprint density at radius 1 is 1.12 bits per heavy atom. The monoisotopic (exact) mass is 478 g/mol. The van der Waals surface area contributed by atoms with Gasteiger partial charge in [0.1, 0.15) is 5.75 Å². The van der Waals surface area contributed by atoms with Gasteiger partial charge in [-0.25, -0.2) is 4.98 Å². The second-order valence-corrected chi connectivity index (χ2v) is 9.13. The number of oxazole rings is 1. The van der Waals surface area contributed by atoms with Gasteiger partial charge in [-0.15, -0.1) is 13.2 Å². The maximum Gasteiger partial charge on any atom is 0.573 e. The van der Waals surface area contributed by atoms with Crippen molar-refractivity contribution < 1.29 is 22.3 Å². The van der Waals surface area contributed by atoms with Gasteiger partial charge in [-0.05, 0) is 63.8 Å². The minimum Gasteiger partial charge on any atom is -0.424 e. The zero-order chi connectivity index (χ0) is 24.1. The number of ether oxygens (including phenoxy) is 1. The summed E-state index contributed by atoms with van der Waals surface area (Å²) in [6, 6.07) is 7.01. The molecule has 2 N–H and O–H groups in total. The van der Waals surface area contributed by atoms with Crippen LogP contribution in [-0.4, -0.2) is 47.5 Å². The summed E-state index contributed by atoms with van der Waals surface area (Å²) in [6.45, 7) is 6.40. The minimum absolute atomic E-state index is 0.209. The molecule has 34 heavy (non-hydrogen) atoms. The number of halogens is 3. The molecule has 1 aliphatic heterocycles. The van der Waals surface area contributed by atoms with Crippen LogP contribution < -0.4 is 15.4 Å². The SMILES string of the molecule is C/C=C(\C)N1CCC[C@H](NC2CCCC[C@H]2Nc2ncc(-c3ccc(OC(F)(F)F)cc3)o2)C1. The Labute approximate surface area is 198 Å². The Kier molecular flexibility index (Phi) is 7.70. The summed E-state index contributed by atoms with van der Waals surface area (Å²) in [6.07, 6.45) is 5.89. The van der Waals surface area contributed by atoms with Gasteiger partial charge in [-0.2, -0.15) is 0 Å². The van der Waals surface area contributed by atoms with Crippen LogP contribution in [0.5, 0.6) is 5.75 Å². The van der Waals surface area contributed by atoms with Crippen LogP contribution in [0.1, 0.15) is 52.4 Å². The predicted molar refractivity (Wildman–Crippen MR) is 125 cm³/mol. The second kappa shape index (κ2) is 10.7. The number of hydrogen-bond acceptors (Lipinski definition) is 6. The van der Waals surface area contributed by atoms with Crippen molar-refractivity contribution in [3.8, 4) is 17.1 Å². The fourth-order valence-corrected chi connectivity index (χ4v) is 4.88. The molecule has 9 heteroatoms. The molecule has 0 spiro atoms. The van der Waals surface area contributed by atoms with Crippen LogP contribution in [0.25, 0.3) is 11.3 Å². The van der Waals surface area contributed by atoms with Crippen LogP contribution in [0.4, 0.5) is 19.2 Å². The largest absolute Gasteiger partial charge is 0.573 e. The van der Waals surface area contributed by atoms with Crippen LogP contribution in [-0.2, 0) is 0 Å². The van der Waals surface area contributed by atoms with Crippen LogP contribution in [0.3, 0.4) is 0 Å². The molecular formula is C25H33F3N4O2. The normalized spacial score (nSPS) is 24.2. The molecule has 3 atom stereocenters. The molecule has 0 amide bonds. The third-order valence-corrected chi connectivity index (χ3v) is 6.74. The van der Waals surface area contributed by atoms with Gasteiger partial charge in [-0.3, -0.25) is 0 Å². The number of benzene rings is 1. The van der Waals surface area contributed by atoms with Gasteiger partial charge in [0.2, 0.25) is 0 Å². The molecule has 1 unspecified atom stereocenters. The highest BCUT2D eigenvalue weighted by atomic mass is 19.4. The lowest BCUT2D eigenvalue weighted by Gasteiger charge is -2.40. The van der Waals surface area contributed by atoms with E-state index in [1.54, 1.807) is 6.20 Å². The van der Waals surface area contributed by atoms with Crippen LogP contribution in [0, 0.1) is 0 Å². The van der Waals surface area contributed by atoms with Gasteiger partial charge in [0.05, 0.1) is 6.20 Å². The molecule has 2 fully saturated rings. The topological polar surface area (TPSA) is 62.6 Å². The smallest absolute Gasteiger partial charge is 0.424 e. The molecule has 1 aromatic heterocycles. The highest BCUT2D eigenvalue weighted by Crippen LogP contribution is 2.29. The molecule has 186 valence electrons. The lowest BCUT2D eigenvalue weighted by molar-refractivity contribution is -0.274. The van der Waals surface area contributed by atoms with Crippen molar-refractivity contribution >= 4 is 6.01 Å². The Morgan fingerprint density at radius 3 is 2.56 bits per heavy atom. The zero-order valence-electron chi connectivity index (χ0n) is 19.7. The number of anilines is 1. The fourth-order valence-electron chi connectivity index (χ4n) is 4.88.